The van der Waals surface area contributed by atoms with E-state index in [0.29, 0.717) is 12.5 Å². The summed E-state index contributed by atoms with van der Waals surface area (Å²) in [6, 6.07) is 51.6. The van der Waals surface area contributed by atoms with Gasteiger partial charge in [0.2, 0.25) is 0 Å². The summed E-state index contributed by atoms with van der Waals surface area (Å²) in [5, 5.41) is 0. The van der Waals surface area contributed by atoms with Crippen molar-refractivity contribution in [2.45, 2.75) is 83.7 Å². The van der Waals surface area contributed by atoms with E-state index in [0.717, 1.165) is 74.7 Å². The Hall–Kier alpha value is -8.20. The molecule has 0 aliphatic heterocycles. The number of allylic oxidation sites excluding steroid dienone is 23. The first kappa shape index (κ1) is 57.5. The molecule has 2 atom stereocenters. The maximum absolute atomic E-state index is 4.76. The minimum Gasteiger partial charge on any atom is -0.0610 e. The summed E-state index contributed by atoms with van der Waals surface area (Å²) in [4.78, 5) is 4.76. The summed E-state index contributed by atoms with van der Waals surface area (Å²) in [5.41, 5.74) is 25.2. The largest absolute Gasteiger partial charge is 0.0610 e. The first-order chi connectivity index (χ1) is 39.2. The number of para-hydroxylation sites is 1. The van der Waals surface area contributed by atoms with Crippen LogP contribution in [0.15, 0.2) is 284 Å². The first-order valence-electron chi connectivity index (χ1n) is 28.5. The van der Waals surface area contributed by atoms with Crippen LogP contribution in [-0.4, -0.2) is 19.4 Å². The molecule has 0 fully saturated rings. The summed E-state index contributed by atoms with van der Waals surface area (Å²) in [5.74, 6) is 7.76. The van der Waals surface area contributed by atoms with Crippen molar-refractivity contribution in [1.29, 1.82) is 0 Å². The van der Waals surface area contributed by atoms with Gasteiger partial charge in [0.15, 0.2) is 0 Å². The van der Waals surface area contributed by atoms with Crippen molar-refractivity contribution in [1.82, 2.24) is 0 Å². The van der Waals surface area contributed by atoms with Crippen molar-refractivity contribution in [3.8, 4) is 0 Å². The third-order valence-corrected chi connectivity index (χ3v) is 19.6. The smallest absolute Gasteiger partial charge is 0.0134 e. The Kier molecular flexibility index (Phi) is 18.4. The van der Waals surface area contributed by atoms with Crippen molar-refractivity contribution >= 4 is 68.5 Å². The molecular formula is C78H80N2Se. The molecule has 408 valence electrons. The Morgan fingerprint density at radius 2 is 1.41 bits per heavy atom. The van der Waals surface area contributed by atoms with E-state index < -0.39 is 12.8 Å². The first-order valence-corrected chi connectivity index (χ1v) is 34.5. The van der Waals surface area contributed by atoms with Crippen molar-refractivity contribution in [3.05, 3.63) is 323 Å². The molecule has 6 aromatic rings. The van der Waals surface area contributed by atoms with Crippen LogP contribution in [0.5, 0.6) is 0 Å². The van der Waals surface area contributed by atoms with E-state index >= 15 is 0 Å². The maximum atomic E-state index is 4.76. The number of hydrogen-bond acceptors (Lipinski definition) is 2. The van der Waals surface area contributed by atoms with Gasteiger partial charge in [-0.2, -0.15) is 0 Å². The minimum absolute atomic E-state index is 0.209. The third kappa shape index (κ3) is 13.2. The monoisotopic (exact) mass is 1120 g/mol. The quantitative estimate of drug-likeness (QED) is 0.0663. The molecule has 9 rings (SSSR count). The molecule has 3 aliphatic rings. The fourth-order valence-corrected chi connectivity index (χ4v) is 13.4. The SMILES string of the molecule is C=C/C=C(\C=C/CN(c1ccccc1)c1ccc(C(C)C2=CC=CCC(C)=C2)cc1)C1=CCC2/C(C)=C\C=C(\C)C(=C)/C(=C\C=C\c3ccc(N(c4ccc([Se](C)(C)C)cc4)c4ccc(/C(C=C)=C/C)c(C)c4)cc3)c3cccc1c32. The van der Waals surface area contributed by atoms with Crippen molar-refractivity contribution in [2.75, 3.05) is 16.3 Å². The van der Waals surface area contributed by atoms with E-state index in [1.165, 1.54) is 60.1 Å². The van der Waals surface area contributed by atoms with Crippen LogP contribution in [0.4, 0.5) is 28.4 Å². The van der Waals surface area contributed by atoms with Gasteiger partial charge in [0.25, 0.3) is 0 Å². The van der Waals surface area contributed by atoms with Crippen LogP contribution in [0.2, 0.25) is 17.5 Å². The van der Waals surface area contributed by atoms with Gasteiger partial charge in [-0.15, -0.1) is 0 Å². The zero-order valence-electron chi connectivity index (χ0n) is 49.2. The van der Waals surface area contributed by atoms with E-state index in [-0.39, 0.29) is 5.92 Å². The standard InChI is InChI=1S/C78H80N2Se/c1-13-24-64(28-23-52-79(66-29-17-16-18-30-66)67-42-38-63(39-43-67)60(9)65-27-20-19-25-55(4)53-65)75-51-50-73-57(6)35-34-56(5)59(8)74(76-32-22-33-77(75)78(73)76)31-21-26-61-36-40-68(41-37-61)80(69-44-47-71(48-45-69)81(10,11)12)70-46-49-72(58(7)54-70)62(14-2)15-3/h13-24,26-49,51,53-54,60,73H,1-2,8,25,50,52H2,3-7,9-12H3/b26-21+,28-23-,56-34-,57-35-,62-15+,64-24+,74-31+. The van der Waals surface area contributed by atoms with Gasteiger partial charge in [-0.25, -0.2) is 0 Å². The topological polar surface area (TPSA) is 6.48 Å². The summed E-state index contributed by atoms with van der Waals surface area (Å²) in [7, 11) is 0. The third-order valence-electron chi connectivity index (χ3n) is 16.1. The van der Waals surface area contributed by atoms with Crippen LogP contribution in [0.25, 0.3) is 22.8 Å². The number of rotatable bonds is 17. The van der Waals surface area contributed by atoms with Gasteiger partial charge in [-0.1, -0.05) is 147 Å². The Morgan fingerprint density at radius 1 is 0.728 bits per heavy atom. The van der Waals surface area contributed by atoms with Gasteiger partial charge in [-0.05, 0) is 114 Å². The summed E-state index contributed by atoms with van der Waals surface area (Å²) >= 11 is -1.67. The molecule has 0 amide bonds. The molecular weight excluding hydrogens is 1040 g/mol. The minimum atomic E-state index is -1.67. The van der Waals surface area contributed by atoms with Crippen LogP contribution < -0.4 is 14.3 Å². The molecule has 6 aromatic carbocycles. The average molecular weight is 1120 g/mol. The van der Waals surface area contributed by atoms with Gasteiger partial charge >= 0.3 is 197 Å². The second-order valence-corrected chi connectivity index (χ2v) is 31.1. The number of hydrogen-bond donors (Lipinski definition) is 0. The van der Waals surface area contributed by atoms with Crippen LogP contribution in [-0.2, 0) is 0 Å². The molecule has 0 radical (unpaired) electrons. The van der Waals surface area contributed by atoms with Crippen LogP contribution in [0.1, 0.15) is 98.2 Å². The van der Waals surface area contributed by atoms with E-state index in [1.807, 2.05) is 12.2 Å². The van der Waals surface area contributed by atoms with Crippen molar-refractivity contribution in [3.63, 3.8) is 0 Å². The molecule has 0 N–H and O–H groups in total. The normalized spacial score (nSPS) is 18.2. The van der Waals surface area contributed by atoms with Gasteiger partial charge in [0, 0.05) is 29.8 Å². The Morgan fingerprint density at radius 3 is 2.09 bits per heavy atom. The molecule has 0 spiro atoms. The molecule has 0 aromatic heterocycles. The van der Waals surface area contributed by atoms with E-state index in [4.69, 9.17) is 6.58 Å². The molecule has 3 heteroatoms. The second-order valence-electron chi connectivity index (χ2n) is 22.4. The fraction of sp³-hybridized carbons (Fsp3) is 0.179. The van der Waals surface area contributed by atoms with Gasteiger partial charge in [0.1, 0.15) is 0 Å². The molecule has 2 nitrogen and oxygen atoms in total. The summed E-state index contributed by atoms with van der Waals surface area (Å²) in [6.45, 7) is 27.0. The van der Waals surface area contributed by atoms with Crippen molar-refractivity contribution in [2.24, 2.45) is 0 Å². The molecule has 2 unspecified atom stereocenters. The molecule has 3 aliphatic carbocycles. The number of nitrogens with zero attached hydrogens (tertiary/aromatic N) is 2. The molecule has 0 bridgehead atoms. The van der Waals surface area contributed by atoms with Crippen molar-refractivity contribution < 1.29 is 0 Å². The predicted octanol–water partition coefficient (Wildman–Crippen LogP) is 21.5. The fourth-order valence-electron chi connectivity index (χ4n) is 11.4. The van der Waals surface area contributed by atoms with E-state index in [1.54, 1.807) is 0 Å². The molecule has 0 heterocycles. The average Bonchev–Trinajstić information content (AvgIpc) is 3.74. The zero-order chi connectivity index (χ0) is 57.2. The van der Waals surface area contributed by atoms with Crippen LogP contribution >= 0.6 is 0 Å². The molecule has 0 saturated carbocycles. The maximum Gasteiger partial charge on any atom is -0.0134 e. The number of anilines is 5. The predicted molar refractivity (Wildman–Crippen MR) is 359 cm³/mol. The number of benzene rings is 6. The zero-order valence-corrected chi connectivity index (χ0v) is 50.9. The summed E-state index contributed by atoms with van der Waals surface area (Å²) < 4.78 is 1.46. The van der Waals surface area contributed by atoms with Gasteiger partial charge in [-0.3, -0.25) is 0 Å². The summed E-state index contributed by atoms with van der Waals surface area (Å²) in [6.07, 6.45) is 37.4. The molecule has 0 saturated heterocycles. The Labute approximate surface area is 488 Å². The van der Waals surface area contributed by atoms with Crippen LogP contribution in [0, 0.1) is 6.92 Å². The Balaban J connectivity index is 1.01. The van der Waals surface area contributed by atoms with Gasteiger partial charge in [0.05, 0.1) is 0 Å². The van der Waals surface area contributed by atoms with E-state index in [2.05, 4.69) is 307 Å². The molecule has 81 heavy (non-hydrogen) atoms. The van der Waals surface area contributed by atoms with E-state index in [9.17, 15) is 0 Å². The second kappa shape index (κ2) is 25.9. The van der Waals surface area contributed by atoms with Gasteiger partial charge < -0.3 is 4.90 Å². The number of aryl methyl sites for hydroxylation is 1. The van der Waals surface area contributed by atoms with Crippen LogP contribution in [0.3, 0.4) is 0 Å². The Bertz CT molecular complexity index is 3680.